The molecule has 0 spiro atoms. The molecule has 174 valence electrons. The van der Waals surface area contributed by atoms with Crippen molar-refractivity contribution in [3.8, 4) is 11.5 Å². The van der Waals surface area contributed by atoms with Crippen LogP contribution < -0.4 is 14.8 Å². The number of amides is 1. The number of thiazole rings is 1. The van der Waals surface area contributed by atoms with E-state index >= 15 is 0 Å². The summed E-state index contributed by atoms with van der Waals surface area (Å²) in [6, 6.07) is 13.7. The maximum atomic E-state index is 13.0. The number of benzene rings is 2. The maximum Gasteiger partial charge on any atom is 0.257 e. The van der Waals surface area contributed by atoms with Crippen LogP contribution in [0, 0.1) is 0 Å². The van der Waals surface area contributed by atoms with Gasteiger partial charge in [-0.3, -0.25) is 15.0 Å². The third-order valence-electron chi connectivity index (χ3n) is 5.30. The number of ether oxygens (including phenoxy) is 2. The van der Waals surface area contributed by atoms with Gasteiger partial charge < -0.3 is 9.47 Å². The van der Waals surface area contributed by atoms with Gasteiger partial charge in [0.2, 0.25) is 0 Å². The fraction of sp³-hybridized carbons (Fsp3) is 0.360. The zero-order chi connectivity index (χ0) is 23.2. The molecule has 8 heteroatoms. The van der Waals surface area contributed by atoms with Crippen LogP contribution in [-0.2, 0) is 19.5 Å². The highest BCUT2D eigenvalue weighted by molar-refractivity contribution is 7.15. The average Bonchev–Trinajstić information content (AvgIpc) is 3.20. The van der Waals surface area contributed by atoms with Crippen molar-refractivity contribution >= 4 is 34.0 Å². The van der Waals surface area contributed by atoms with Crippen LogP contribution in [-0.4, -0.2) is 35.5 Å². The van der Waals surface area contributed by atoms with Crippen molar-refractivity contribution in [3.05, 3.63) is 69.2 Å². The van der Waals surface area contributed by atoms with Gasteiger partial charge in [-0.25, -0.2) is 4.98 Å². The van der Waals surface area contributed by atoms with Crippen molar-refractivity contribution in [1.82, 2.24) is 9.88 Å². The zero-order valence-electron chi connectivity index (χ0n) is 18.9. The molecule has 2 heterocycles. The monoisotopic (exact) mass is 485 g/mol. The Morgan fingerprint density at radius 3 is 2.79 bits per heavy atom. The molecule has 1 aromatic heterocycles. The number of rotatable bonds is 9. The van der Waals surface area contributed by atoms with Crippen LogP contribution in [0.2, 0.25) is 5.02 Å². The van der Waals surface area contributed by atoms with Gasteiger partial charge in [0, 0.05) is 36.5 Å². The molecule has 0 bridgehead atoms. The predicted octanol–water partition coefficient (Wildman–Crippen LogP) is 5.79. The molecule has 33 heavy (non-hydrogen) atoms. The Morgan fingerprint density at radius 2 is 2.03 bits per heavy atom. The molecule has 2 aromatic carbocycles. The molecule has 0 saturated carbocycles. The van der Waals surface area contributed by atoms with Gasteiger partial charge in [-0.1, -0.05) is 48.9 Å². The summed E-state index contributed by atoms with van der Waals surface area (Å²) in [5.74, 6) is 0.672. The summed E-state index contributed by atoms with van der Waals surface area (Å²) < 4.78 is 11.4. The van der Waals surface area contributed by atoms with E-state index in [1.165, 1.54) is 21.8 Å². The van der Waals surface area contributed by atoms with E-state index in [9.17, 15) is 4.79 Å². The number of aromatic nitrogens is 1. The van der Waals surface area contributed by atoms with Gasteiger partial charge in [-0.2, -0.15) is 0 Å². The van der Waals surface area contributed by atoms with Crippen LogP contribution in [0.5, 0.6) is 11.5 Å². The smallest absolute Gasteiger partial charge is 0.257 e. The molecule has 1 amide bonds. The number of nitrogens with zero attached hydrogens (tertiary/aromatic N) is 2. The third-order valence-corrected chi connectivity index (χ3v) is 6.58. The van der Waals surface area contributed by atoms with Gasteiger partial charge in [-0.15, -0.1) is 11.3 Å². The minimum atomic E-state index is -0.271. The Bertz CT molecular complexity index is 1100. The quantitative estimate of drug-likeness (QED) is 0.415. The van der Waals surface area contributed by atoms with Crippen LogP contribution in [0.3, 0.4) is 0 Å². The number of hydrogen-bond acceptors (Lipinski definition) is 6. The number of hydrogen-bond donors (Lipinski definition) is 1. The third kappa shape index (κ3) is 5.85. The number of fused-ring (bicyclic) bond motifs is 1. The number of carbonyl (C=O) groups excluding carboxylic acids is 1. The largest absolute Gasteiger partial charge is 0.490 e. The number of nitrogens with one attached hydrogen (secondary N) is 1. The summed E-state index contributed by atoms with van der Waals surface area (Å²) in [6.45, 7) is 7.56. The highest BCUT2D eigenvalue weighted by Gasteiger charge is 2.22. The molecule has 0 fully saturated rings. The summed E-state index contributed by atoms with van der Waals surface area (Å²) in [7, 11) is 0. The topological polar surface area (TPSA) is 63.7 Å². The van der Waals surface area contributed by atoms with Gasteiger partial charge in [0.15, 0.2) is 16.6 Å². The van der Waals surface area contributed by atoms with E-state index in [0.29, 0.717) is 40.4 Å². The molecule has 6 nitrogen and oxygen atoms in total. The summed E-state index contributed by atoms with van der Waals surface area (Å²) in [5, 5.41) is 3.89. The molecule has 3 aromatic rings. The van der Waals surface area contributed by atoms with Crippen LogP contribution >= 0.6 is 22.9 Å². The molecular formula is C25H28ClN3O3S. The Hall–Kier alpha value is -2.61. The standard InChI is InChI=1S/C25H28ClN3O3S/c1-3-12-32-23-19(26)13-18(14-21(23)31-4-2)24(30)28-25-27-20-10-11-29(16-22(20)33-25)15-17-8-6-5-7-9-17/h5-9,13-14H,3-4,10-12,15-16H2,1-2H3,(H,27,28,30). The van der Waals surface area contributed by atoms with Crippen LogP contribution in [0.4, 0.5) is 5.13 Å². The number of anilines is 1. The fourth-order valence-corrected chi connectivity index (χ4v) is 5.06. The van der Waals surface area contributed by atoms with E-state index in [1.54, 1.807) is 12.1 Å². The first-order valence-corrected chi connectivity index (χ1v) is 12.4. The molecule has 1 aliphatic rings. The Labute approximate surface area is 203 Å². The Morgan fingerprint density at radius 1 is 1.21 bits per heavy atom. The summed E-state index contributed by atoms with van der Waals surface area (Å²) in [5.41, 5.74) is 2.77. The zero-order valence-corrected chi connectivity index (χ0v) is 20.5. The van der Waals surface area contributed by atoms with Crippen LogP contribution in [0.25, 0.3) is 0 Å². The van der Waals surface area contributed by atoms with Crippen molar-refractivity contribution in [1.29, 1.82) is 0 Å². The van der Waals surface area contributed by atoms with Gasteiger partial charge in [-0.05, 0) is 31.0 Å². The molecule has 0 unspecified atom stereocenters. The SMILES string of the molecule is CCCOc1c(Cl)cc(C(=O)Nc2nc3c(s2)CN(Cc2ccccc2)CC3)cc1OCC. The highest BCUT2D eigenvalue weighted by atomic mass is 35.5. The first-order valence-electron chi connectivity index (χ1n) is 11.2. The van der Waals surface area contributed by atoms with Crippen molar-refractivity contribution in [2.75, 3.05) is 25.1 Å². The van der Waals surface area contributed by atoms with E-state index in [4.69, 9.17) is 21.1 Å². The van der Waals surface area contributed by atoms with Crippen molar-refractivity contribution in [3.63, 3.8) is 0 Å². The minimum Gasteiger partial charge on any atom is -0.490 e. The summed E-state index contributed by atoms with van der Waals surface area (Å²) >= 11 is 7.95. The molecule has 0 saturated heterocycles. The summed E-state index contributed by atoms with van der Waals surface area (Å²) in [4.78, 5) is 21.2. The normalized spacial score (nSPS) is 13.4. The van der Waals surface area contributed by atoms with Gasteiger partial charge >= 0.3 is 0 Å². The van der Waals surface area contributed by atoms with Gasteiger partial charge in [0.25, 0.3) is 5.91 Å². The molecule has 4 rings (SSSR count). The molecule has 1 aliphatic heterocycles. The molecule has 0 aliphatic carbocycles. The molecule has 1 N–H and O–H groups in total. The van der Waals surface area contributed by atoms with Crippen LogP contribution in [0.1, 0.15) is 46.8 Å². The van der Waals surface area contributed by atoms with Gasteiger partial charge in [0.1, 0.15) is 0 Å². The van der Waals surface area contributed by atoms with Crippen molar-refractivity contribution in [2.24, 2.45) is 0 Å². The first-order chi connectivity index (χ1) is 16.1. The Kier molecular flexibility index (Phi) is 7.85. The lowest BCUT2D eigenvalue weighted by molar-refractivity contribution is 0.102. The van der Waals surface area contributed by atoms with E-state index in [1.807, 2.05) is 19.9 Å². The summed E-state index contributed by atoms with van der Waals surface area (Å²) in [6.07, 6.45) is 1.72. The maximum absolute atomic E-state index is 13.0. The second-order valence-corrected chi connectivity index (χ2v) is 9.35. The van der Waals surface area contributed by atoms with Gasteiger partial charge in [0.05, 0.1) is 23.9 Å². The Balaban J connectivity index is 1.45. The van der Waals surface area contributed by atoms with E-state index in [0.717, 1.165) is 38.2 Å². The van der Waals surface area contributed by atoms with Crippen molar-refractivity contribution in [2.45, 2.75) is 39.8 Å². The number of carbonyl (C=O) groups is 1. The minimum absolute atomic E-state index is 0.271. The lowest BCUT2D eigenvalue weighted by atomic mass is 10.1. The predicted molar refractivity (Wildman–Crippen MR) is 133 cm³/mol. The highest BCUT2D eigenvalue weighted by Crippen LogP contribution is 2.37. The van der Waals surface area contributed by atoms with E-state index in [2.05, 4.69) is 39.5 Å². The fourth-order valence-electron chi connectivity index (χ4n) is 3.75. The molecular weight excluding hydrogens is 458 g/mol. The van der Waals surface area contributed by atoms with Crippen molar-refractivity contribution < 1.29 is 14.3 Å². The molecule has 0 atom stereocenters. The van der Waals surface area contributed by atoms with Crippen LogP contribution in [0.15, 0.2) is 42.5 Å². The second-order valence-electron chi connectivity index (χ2n) is 7.86. The van der Waals surface area contributed by atoms with E-state index in [-0.39, 0.29) is 5.91 Å². The lowest BCUT2D eigenvalue weighted by Crippen LogP contribution is -2.29. The first kappa shape index (κ1) is 23.5. The number of halogens is 1. The molecule has 0 radical (unpaired) electrons. The van der Waals surface area contributed by atoms with E-state index < -0.39 is 0 Å². The average molecular weight is 486 g/mol. The second kappa shape index (κ2) is 11.0. The lowest BCUT2D eigenvalue weighted by Gasteiger charge is -2.25.